The van der Waals surface area contributed by atoms with E-state index in [0.717, 1.165) is 17.8 Å². The minimum atomic E-state index is -0.00162. The van der Waals surface area contributed by atoms with Gasteiger partial charge in [-0.2, -0.15) is 5.10 Å². The zero-order valence-electron chi connectivity index (χ0n) is 16.7. The van der Waals surface area contributed by atoms with Gasteiger partial charge in [0.1, 0.15) is 0 Å². The van der Waals surface area contributed by atoms with Crippen molar-refractivity contribution in [2.45, 2.75) is 58.6 Å². The smallest absolute Gasteiger partial charge is 0.221 e. The number of nitrogens with zero attached hydrogens (tertiary/aromatic N) is 2. The molecule has 0 aliphatic heterocycles. The lowest BCUT2D eigenvalue weighted by atomic mass is 9.88. The van der Waals surface area contributed by atoms with Crippen LogP contribution < -0.4 is 5.32 Å². The van der Waals surface area contributed by atoms with Crippen LogP contribution in [0.25, 0.3) is 11.4 Å². The molecular weight excluding hydrogens is 372 g/mol. The highest BCUT2D eigenvalue weighted by molar-refractivity contribution is 7.71. The molecule has 28 heavy (non-hydrogen) atoms. The fourth-order valence-electron chi connectivity index (χ4n) is 3.68. The summed E-state index contributed by atoms with van der Waals surface area (Å²) in [5.41, 5.74) is 2.17. The molecule has 1 aliphatic carbocycles. The standard InChI is InChI=1S/C21H30N4O2S/c1-15-7-9-17(10-8-15)20-23-24-21(28)25(20)13-11-19(26)22-12-14-27-18-6-4-3-5-16(18)2/h7-10,16,18H,3-6,11-14H2,1-2H3,(H,22,26)(H,24,28). The minimum Gasteiger partial charge on any atom is -0.376 e. The average molecular weight is 403 g/mol. The van der Waals surface area contributed by atoms with Crippen LogP contribution in [0.1, 0.15) is 44.6 Å². The van der Waals surface area contributed by atoms with E-state index in [9.17, 15) is 4.79 Å². The molecule has 1 saturated carbocycles. The number of benzene rings is 1. The van der Waals surface area contributed by atoms with Crippen LogP contribution in [0.4, 0.5) is 0 Å². The Balaban J connectivity index is 1.45. The fraction of sp³-hybridized carbons (Fsp3) is 0.571. The summed E-state index contributed by atoms with van der Waals surface area (Å²) < 4.78 is 8.35. The molecule has 7 heteroatoms. The third-order valence-electron chi connectivity index (χ3n) is 5.42. The summed E-state index contributed by atoms with van der Waals surface area (Å²) in [4.78, 5) is 12.2. The first-order valence-corrected chi connectivity index (χ1v) is 10.6. The predicted octanol–water partition coefficient (Wildman–Crippen LogP) is 4.02. The normalized spacial score (nSPS) is 19.5. The van der Waals surface area contributed by atoms with Crippen molar-refractivity contribution < 1.29 is 9.53 Å². The summed E-state index contributed by atoms with van der Waals surface area (Å²) in [7, 11) is 0. The van der Waals surface area contributed by atoms with Crippen LogP contribution in [0, 0.1) is 17.6 Å². The van der Waals surface area contributed by atoms with Gasteiger partial charge < -0.3 is 10.1 Å². The number of rotatable bonds is 8. The molecule has 2 unspecified atom stereocenters. The Bertz CT molecular complexity index is 828. The molecule has 0 spiro atoms. The Labute approximate surface area is 171 Å². The number of amides is 1. The Kier molecular flexibility index (Phi) is 7.39. The lowest BCUT2D eigenvalue weighted by molar-refractivity contribution is -0.121. The predicted molar refractivity (Wildman–Crippen MR) is 113 cm³/mol. The van der Waals surface area contributed by atoms with Crippen LogP contribution in [0.2, 0.25) is 0 Å². The molecule has 2 aromatic rings. The van der Waals surface area contributed by atoms with Crippen molar-refractivity contribution in [2.24, 2.45) is 5.92 Å². The van der Waals surface area contributed by atoms with Crippen molar-refractivity contribution in [3.63, 3.8) is 0 Å². The molecule has 6 nitrogen and oxygen atoms in total. The van der Waals surface area contributed by atoms with Gasteiger partial charge >= 0.3 is 0 Å². The van der Waals surface area contributed by atoms with Gasteiger partial charge in [-0.1, -0.05) is 49.6 Å². The van der Waals surface area contributed by atoms with Crippen LogP contribution >= 0.6 is 12.2 Å². The fourth-order valence-corrected chi connectivity index (χ4v) is 3.90. The van der Waals surface area contributed by atoms with Crippen LogP contribution in [0.5, 0.6) is 0 Å². The lowest BCUT2D eigenvalue weighted by Crippen LogP contribution is -2.32. The molecule has 1 amide bonds. The number of aromatic nitrogens is 3. The quantitative estimate of drug-likeness (QED) is 0.517. The van der Waals surface area contributed by atoms with Gasteiger partial charge in [0.2, 0.25) is 5.91 Å². The molecule has 0 bridgehead atoms. The highest BCUT2D eigenvalue weighted by atomic mass is 32.1. The third-order valence-corrected chi connectivity index (χ3v) is 5.73. The van der Waals surface area contributed by atoms with Gasteiger partial charge in [-0.25, -0.2) is 0 Å². The summed E-state index contributed by atoms with van der Waals surface area (Å²) >= 11 is 5.33. The highest BCUT2D eigenvalue weighted by Gasteiger charge is 2.21. The Hall–Kier alpha value is -1.99. The van der Waals surface area contributed by atoms with Gasteiger partial charge in [0.25, 0.3) is 0 Å². The van der Waals surface area contributed by atoms with Crippen molar-refractivity contribution in [3.8, 4) is 11.4 Å². The maximum absolute atomic E-state index is 12.2. The summed E-state index contributed by atoms with van der Waals surface area (Å²) in [6.07, 6.45) is 5.62. The largest absolute Gasteiger partial charge is 0.376 e. The van der Waals surface area contributed by atoms with Crippen molar-refractivity contribution >= 4 is 18.1 Å². The zero-order valence-corrected chi connectivity index (χ0v) is 17.6. The van der Waals surface area contributed by atoms with Crippen LogP contribution in [0.15, 0.2) is 24.3 Å². The Morgan fingerprint density at radius 3 is 2.82 bits per heavy atom. The van der Waals surface area contributed by atoms with Crippen LogP contribution in [0.3, 0.4) is 0 Å². The molecule has 1 aliphatic rings. The minimum absolute atomic E-state index is 0.00162. The van der Waals surface area contributed by atoms with E-state index in [1.807, 2.05) is 35.8 Å². The first-order chi connectivity index (χ1) is 13.5. The number of H-pyrrole nitrogens is 1. The summed E-state index contributed by atoms with van der Waals surface area (Å²) in [5.74, 6) is 1.37. The van der Waals surface area contributed by atoms with E-state index in [1.54, 1.807) is 0 Å². The monoisotopic (exact) mass is 402 g/mol. The number of hydrogen-bond acceptors (Lipinski definition) is 4. The number of carbonyl (C=O) groups excluding carboxylic acids is 1. The van der Waals surface area contributed by atoms with Gasteiger partial charge in [0.05, 0.1) is 12.7 Å². The van der Waals surface area contributed by atoms with Crippen LogP contribution in [-0.4, -0.2) is 39.9 Å². The maximum atomic E-state index is 12.2. The van der Waals surface area contributed by atoms with E-state index in [4.69, 9.17) is 17.0 Å². The van der Waals surface area contributed by atoms with Crippen molar-refractivity contribution in [1.82, 2.24) is 20.1 Å². The van der Waals surface area contributed by atoms with Crippen molar-refractivity contribution in [1.29, 1.82) is 0 Å². The number of hydrogen-bond donors (Lipinski definition) is 2. The number of aryl methyl sites for hydroxylation is 1. The second kappa shape index (κ2) is 9.98. The van der Waals surface area contributed by atoms with E-state index < -0.39 is 0 Å². The van der Waals surface area contributed by atoms with E-state index in [2.05, 4.69) is 22.4 Å². The molecule has 2 atom stereocenters. The first kappa shape index (κ1) is 20.7. The van der Waals surface area contributed by atoms with Gasteiger partial charge in [-0.05, 0) is 37.9 Å². The van der Waals surface area contributed by atoms with Gasteiger partial charge in [-0.15, -0.1) is 0 Å². The van der Waals surface area contributed by atoms with Gasteiger partial charge in [0.15, 0.2) is 10.6 Å². The molecule has 0 radical (unpaired) electrons. The van der Waals surface area contributed by atoms with Crippen molar-refractivity contribution in [2.75, 3.05) is 13.2 Å². The molecule has 0 saturated heterocycles. The molecule has 1 fully saturated rings. The second-order valence-electron chi connectivity index (χ2n) is 7.64. The second-order valence-corrected chi connectivity index (χ2v) is 8.03. The van der Waals surface area contributed by atoms with Gasteiger partial charge in [-0.3, -0.25) is 14.5 Å². The summed E-state index contributed by atoms with van der Waals surface area (Å²) in [6, 6.07) is 8.11. The van der Waals surface area contributed by atoms with E-state index in [-0.39, 0.29) is 5.91 Å². The molecular formula is C21H30N4O2S. The third kappa shape index (κ3) is 5.52. The van der Waals surface area contributed by atoms with Gasteiger partial charge in [0, 0.05) is 25.1 Å². The topological polar surface area (TPSA) is 71.9 Å². The molecule has 2 N–H and O–H groups in total. The summed E-state index contributed by atoms with van der Waals surface area (Å²) in [5, 5.41) is 10.1. The molecule has 152 valence electrons. The van der Waals surface area contributed by atoms with E-state index in [0.29, 0.717) is 42.9 Å². The van der Waals surface area contributed by atoms with Crippen molar-refractivity contribution in [3.05, 3.63) is 34.6 Å². The molecule has 1 aromatic carbocycles. The highest BCUT2D eigenvalue weighted by Crippen LogP contribution is 2.26. The molecule has 1 aromatic heterocycles. The number of aromatic amines is 1. The Morgan fingerprint density at radius 1 is 1.32 bits per heavy atom. The average Bonchev–Trinajstić information content (AvgIpc) is 3.06. The number of ether oxygens (including phenoxy) is 1. The molecule has 1 heterocycles. The van der Waals surface area contributed by atoms with E-state index in [1.165, 1.54) is 24.8 Å². The number of nitrogens with one attached hydrogen (secondary N) is 2. The van der Waals surface area contributed by atoms with Crippen LogP contribution in [-0.2, 0) is 16.1 Å². The lowest BCUT2D eigenvalue weighted by Gasteiger charge is -2.28. The first-order valence-electron chi connectivity index (χ1n) is 10.1. The Morgan fingerprint density at radius 2 is 2.07 bits per heavy atom. The zero-order chi connectivity index (χ0) is 19.9. The summed E-state index contributed by atoms with van der Waals surface area (Å²) in [6.45, 7) is 5.90. The maximum Gasteiger partial charge on any atom is 0.221 e. The SMILES string of the molecule is Cc1ccc(-c2n[nH]c(=S)n2CCC(=O)NCCOC2CCCCC2C)cc1. The molecule has 3 rings (SSSR count). The number of carbonyl (C=O) groups is 1. The van der Waals surface area contributed by atoms with E-state index >= 15 is 0 Å².